The molecule has 9 heteroatoms. The minimum Gasteiger partial charge on any atom is -0.308 e. The van der Waals surface area contributed by atoms with Crippen molar-refractivity contribution in [2.24, 2.45) is 0 Å². The smallest absolute Gasteiger partial charge is 0.189 e. The van der Waals surface area contributed by atoms with Crippen molar-refractivity contribution >= 4 is 33.2 Å². The summed E-state index contributed by atoms with van der Waals surface area (Å²) in [5, 5.41) is 22.0. The fraction of sp³-hybridized carbons (Fsp3) is 0. The normalized spacial score (nSPS) is 10.9. The number of fused-ring (bicyclic) bond motifs is 3. The lowest BCUT2D eigenvalue weighted by atomic mass is 9.99. The zero-order valence-electron chi connectivity index (χ0n) is 39.9. The summed E-state index contributed by atoms with van der Waals surface area (Å²) in [6, 6.07) is 77.9. The molecule has 0 aliphatic heterocycles. The summed E-state index contributed by atoms with van der Waals surface area (Å²) in [7, 11) is 0. The maximum Gasteiger partial charge on any atom is 0.189 e. The van der Waals surface area contributed by atoms with Crippen LogP contribution in [-0.2, 0) is 0 Å². The fourth-order valence-corrected chi connectivity index (χ4v) is 9.67. The van der Waals surface area contributed by atoms with Crippen LogP contribution in [0, 0.1) is 35.8 Å². The summed E-state index contributed by atoms with van der Waals surface area (Å²) in [6.07, 6.45) is 0. The molecular formula is C66H37N9. The van der Waals surface area contributed by atoms with E-state index < -0.39 is 0 Å². The molecule has 9 aromatic carbocycles. The molecule has 0 amide bonds. The molecule has 3 heterocycles. The van der Waals surface area contributed by atoms with Crippen LogP contribution in [0.25, 0.3) is 127 Å². The first-order chi connectivity index (χ1) is 36.9. The van der Waals surface area contributed by atoms with Crippen LogP contribution in [0.15, 0.2) is 224 Å². The molecule has 3 aromatic heterocycles. The highest BCUT2D eigenvalue weighted by atomic mass is 15.0. The molecule has 346 valence electrons. The lowest BCUT2D eigenvalue weighted by Gasteiger charge is -2.17. The van der Waals surface area contributed by atoms with Crippen molar-refractivity contribution in [3.8, 4) is 108 Å². The van der Waals surface area contributed by atoms with Crippen LogP contribution in [0.5, 0.6) is 0 Å². The van der Waals surface area contributed by atoms with Crippen molar-refractivity contribution in [1.82, 2.24) is 24.5 Å². The molecule has 12 rings (SSSR count). The molecule has 0 N–H and O–H groups in total. The van der Waals surface area contributed by atoms with Gasteiger partial charge in [-0.15, -0.1) is 0 Å². The Hall–Kier alpha value is -11.1. The van der Waals surface area contributed by atoms with Gasteiger partial charge < -0.3 is 4.57 Å². The van der Waals surface area contributed by atoms with Gasteiger partial charge in [-0.3, -0.25) is 0 Å². The standard InChI is InChI=1S/C66H37N9/c1-69-53-31-42(40-67)29-51(33-53)48-23-26-55-56-27-24-49(52-30-43(41-68)32-54(34-52)70-2)37-64(56)75(63(55)36-48)62-28-25-50(61-39-58(44-15-7-3-8-16-44)71-65(72-61)47-21-13-6-14-22-47)35-57(62)66-73-59(45-17-9-4-10-18-45)38-60(74-66)46-19-11-5-12-20-46/h3-39H. The Morgan fingerprint density at radius 1 is 0.347 bits per heavy atom. The van der Waals surface area contributed by atoms with Crippen molar-refractivity contribution in [1.29, 1.82) is 10.5 Å². The summed E-state index contributed by atoms with van der Waals surface area (Å²) in [5.74, 6) is 1.05. The van der Waals surface area contributed by atoms with E-state index in [-0.39, 0.29) is 0 Å². The molecule has 0 atom stereocenters. The molecule has 0 spiro atoms. The van der Waals surface area contributed by atoms with Gasteiger partial charge in [0.25, 0.3) is 0 Å². The molecule has 0 aliphatic carbocycles. The van der Waals surface area contributed by atoms with Crippen LogP contribution in [0.1, 0.15) is 11.1 Å². The minimum atomic E-state index is 0.367. The highest BCUT2D eigenvalue weighted by Gasteiger charge is 2.23. The second-order valence-corrected chi connectivity index (χ2v) is 17.9. The van der Waals surface area contributed by atoms with E-state index in [1.54, 1.807) is 36.4 Å². The first-order valence-electron chi connectivity index (χ1n) is 24.0. The van der Waals surface area contributed by atoms with E-state index in [1.165, 1.54) is 0 Å². The van der Waals surface area contributed by atoms with Crippen LogP contribution in [0.2, 0.25) is 0 Å². The Bertz CT molecular complexity index is 4070. The summed E-state index contributed by atoms with van der Waals surface area (Å²) < 4.78 is 2.22. The molecule has 12 aromatic rings. The summed E-state index contributed by atoms with van der Waals surface area (Å²) >= 11 is 0. The number of benzene rings is 9. The maximum atomic E-state index is 10.0. The molecule has 0 bridgehead atoms. The van der Waals surface area contributed by atoms with Crippen LogP contribution in [0.3, 0.4) is 0 Å². The summed E-state index contributed by atoms with van der Waals surface area (Å²) in [4.78, 5) is 28.6. The third-order valence-corrected chi connectivity index (χ3v) is 13.3. The van der Waals surface area contributed by atoms with E-state index in [0.29, 0.717) is 45.4 Å². The first-order valence-corrected chi connectivity index (χ1v) is 24.0. The quantitative estimate of drug-likeness (QED) is 0.133. The van der Waals surface area contributed by atoms with Crippen molar-refractivity contribution in [3.05, 3.63) is 258 Å². The second kappa shape index (κ2) is 19.2. The molecule has 0 saturated carbocycles. The second-order valence-electron chi connectivity index (χ2n) is 17.9. The van der Waals surface area contributed by atoms with Crippen LogP contribution < -0.4 is 0 Å². The molecule has 0 aliphatic rings. The molecule has 0 radical (unpaired) electrons. The van der Waals surface area contributed by atoms with E-state index in [2.05, 4.69) is 68.9 Å². The number of nitriles is 2. The van der Waals surface area contributed by atoms with Gasteiger partial charge in [0.2, 0.25) is 0 Å². The van der Waals surface area contributed by atoms with Gasteiger partial charge in [-0.2, -0.15) is 10.5 Å². The number of rotatable bonds is 9. The monoisotopic (exact) mass is 955 g/mol. The van der Waals surface area contributed by atoms with Crippen LogP contribution >= 0.6 is 0 Å². The Morgan fingerprint density at radius 3 is 1.17 bits per heavy atom. The van der Waals surface area contributed by atoms with Gasteiger partial charge in [-0.1, -0.05) is 152 Å². The zero-order chi connectivity index (χ0) is 50.8. The number of hydrogen-bond acceptors (Lipinski definition) is 6. The average Bonchev–Trinajstić information content (AvgIpc) is 3.82. The maximum absolute atomic E-state index is 10.0. The molecule has 75 heavy (non-hydrogen) atoms. The van der Waals surface area contributed by atoms with E-state index in [1.807, 2.05) is 146 Å². The van der Waals surface area contributed by atoms with Crippen LogP contribution in [-0.4, -0.2) is 24.5 Å². The van der Waals surface area contributed by atoms with Gasteiger partial charge in [0.05, 0.1) is 64.8 Å². The van der Waals surface area contributed by atoms with Gasteiger partial charge >= 0.3 is 0 Å². The lowest BCUT2D eigenvalue weighted by Crippen LogP contribution is -2.03. The molecule has 0 saturated heterocycles. The van der Waals surface area contributed by atoms with Crippen molar-refractivity contribution in [2.75, 3.05) is 0 Å². The topological polar surface area (TPSA) is 113 Å². The number of nitrogens with zero attached hydrogens (tertiary/aromatic N) is 9. The van der Waals surface area contributed by atoms with Gasteiger partial charge in [0, 0.05) is 55.3 Å². The van der Waals surface area contributed by atoms with Gasteiger partial charge in [0.15, 0.2) is 23.0 Å². The number of aromatic nitrogens is 5. The molecule has 0 fully saturated rings. The van der Waals surface area contributed by atoms with E-state index in [9.17, 15) is 10.5 Å². The predicted octanol–water partition coefficient (Wildman–Crippen LogP) is 16.5. The fourth-order valence-electron chi connectivity index (χ4n) is 9.67. The van der Waals surface area contributed by atoms with Crippen molar-refractivity contribution < 1.29 is 0 Å². The van der Waals surface area contributed by atoms with E-state index in [4.69, 9.17) is 33.1 Å². The third kappa shape index (κ3) is 8.68. The minimum absolute atomic E-state index is 0.367. The molecular weight excluding hydrogens is 919 g/mol. The highest BCUT2D eigenvalue weighted by Crippen LogP contribution is 2.42. The molecule has 9 nitrogen and oxygen atoms in total. The lowest BCUT2D eigenvalue weighted by molar-refractivity contribution is 1.13. The zero-order valence-corrected chi connectivity index (χ0v) is 39.9. The summed E-state index contributed by atoms with van der Waals surface area (Å²) in [5.41, 5.74) is 15.2. The van der Waals surface area contributed by atoms with Crippen molar-refractivity contribution in [3.63, 3.8) is 0 Å². The van der Waals surface area contributed by atoms with Crippen LogP contribution in [0.4, 0.5) is 11.4 Å². The Balaban J connectivity index is 1.19. The Labute approximate surface area is 432 Å². The van der Waals surface area contributed by atoms with Gasteiger partial charge in [0.1, 0.15) is 0 Å². The highest BCUT2D eigenvalue weighted by molar-refractivity contribution is 6.12. The Morgan fingerprint density at radius 2 is 0.747 bits per heavy atom. The van der Waals surface area contributed by atoms with Crippen molar-refractivity contribution in [2.45, 2.75) is 0 Å². The predicted molar refractivity (Wildman–Crippen MR) is 297 cm³/mol. The Kier molecular flexibility index (Phi) is 11.6. The largest absolute Gasteiger partial charge is 0.308 e. The van der Waals surface area contributed by atoms with E-state index >= 15 is 0 Å². The van der Waals surface area contributed by atoms with E-state index in [0.717, 1.165) is 94.6 Å². The first kappa shape index (κ1) is 45.1. The van der Waals surface area contributed by atoms with Gasteiger partial charge in [-0.25, -0.2) is 29.6 Å². The number of hydrogen-bond donors (Lipinski definition) is 0. The molecule has 0 unspecified atom stereocenters. The SMILES string of the molecule is [C-]#[N+]c1cc(C#N)cc(-c2ccc3c4ccc(-c5cc(C#N)cc([N+]#[C-])c5)cc4n(-c4ccc(-c5cc(-c6ccccc6)nc(-c6ccccc6)n5)cc4-c4nc(-c5ccccc5)cc(-c5ccccc5)n4)c3c2)c1. The summed E-state index contributed by atoms with van der Waals surface area (Å²) in [6.45, 7) is 15.7. The van der Waals surface area contributed by atoms with Gasteiger partial charge in [-0.05, 0) is 95.1 Å². The third-order valence-electron chi connectivity index (χ3n) is 13.3. The average molecular weight is 956 g/mol.